The number of benzene rings is 2. The molecule has 2 atom stereocenters. The van der Waals surface area contributed by atoms with E-state index in [1.54, 1.807) is 69.4 Å². The molecule has 1 aliphatic rings. The minimum absolute atomic E-state index is 0.147. The minimum atomic E-state index is -1.41. The van der Waals surface area contributed by atoms with E-state index in [2.05, 4.69) is 9.97 Å². The van der Waals surface area contributed by atoms with E-state index >= 15 is 4.79 Å². The number of hydrogen-bond acceptors (Lipinski definition) is 11. The van der Waals surface area contributed by atoms with Crippen LogP contribution in [0.15, 0.2) is 112 Å². The highest BCUT2D eigenvalue weighted by molar-refractivity contribution is 6.08. The van der Waals surface area contributed by atoms with Crippen molar-refractivity contribution in [1.82, 2.24) is 19.5 Å². The van der Waals surface area contributed by atoms with Crippen molar-refractivity contribution in [3.63, 3.8) is 0 Å². The Kier molecular flexibility index (Phi) is 15.1. The summed E-state index contributed by atoms with van der Waals surface area (Å²) in [5.41, 5.74) is 5.71. The number of fused-ring (bicyclic) bond motifs is 1. The summed E-state index contributed by atoms with van der Waals surface area (Å²) in [7, 11) is 1.57. The van der Waals surface area contributed by atoms with Crippen molar-refractivity contribution in [2.75, 3.05) is 20.3 Å². The topological polar surface area (TPSA) is 161 Å². The van der Waals surface area contributed by atoms with E-state index in [1.165, 1.54) is 6.07 Å². The number of methoxy groups -OCH3 is 1. The molecule has 3 aromatic heterocycles. The Morgan fingerprint density at radius 2 is 1.71 bits per heavy atom. The van der Waals surface area contributed by atoms with E-state index in [9.17, 15) is 14.7 Å². The number of aliphatic carboxylic acids is 1. The molecule has 0 aliphatic carbocycles. The van der Waals surface area contributed by atoms with Crippen molar-refractivity contribution in [1.29, 1.82) is 0 Å². The molecule has 0 radical (unpaired) electrons. The molecule has 0 saturated carbocycles. The number of hydrogen-bond donors (Lipinski definition) is 1. The molecule has 1 aliphatic heterocycles. The van der Waals surface area contributed by atoms with Gasteiger partial charge in [0.1, 0.15) is 12.4 Å². The van der Waals surface area contributed by atoms with Gasteiger partial charge in [0.2, 0.25) is 0 Å². The SMILES string of the molecule is CC=C(C)C(=C(COC(=O)C(OC(C)(C)C)c1c(C)cc2c(ccc(=O)n2Cc2cnccn2)c1-c1ccc2c3c(ccnc13)CCO2)C(=CC=C(C)OC)CC)C(OC(C)(C)C)C(=O)O. The Labute approximate surface area is 386 Å². The van der Waals surface area contributed by atoms with Gasteiger partial charge < -0.3 is 33.4 Å². The summed E-state index contributed by atoms with van der Waals surface area (Å²) in [6.07, 6.45) is 10.5. The van der Waals surface area contributed by atoms with Crippen molar-refractivity contribution in [2.45, 2.75) is 119 Å². The zero-order chi connectivity index (χ0) is 48.1. The Balaban J connectivity index is 1.64. The van der Waals surface area contributed by atoms with Crippen LogP contribution in [0.4, 0.5) is 0 Å². The molecule has 5 aromatic rings. The average Bonchev–Trinajstić information content (AvgIpc) is 3.27. The number of carbonyl (C=O) groups excluding carboxylic acids is 1. The lowest BCUT2D eigenvalue weighted by Gasteiger charge is -2.31. The van der Waals surface area contributed by atoms with Crippen LogP contribution in [-0.2, 0) is 41.5 Å². The molecule has 66 heavy (non-hydrogen) atoms. The average molecular weight is 899 g/mol. The number of allylic oxidation sites excluding steroid dienone is 4. The van der Waals surface area contributed by atoms with Gasteiger partial charge in [-0.2, -0.15) is 0 Å². The second kappa shape index (κ2) is 20.4. The maximum Gasteiger partial charge on any atom is 0.340 e. The third-order valence-electron chi connectivity index (χ3n) is 11.4. The van der Waals surface area contributed by atoms with E-state index < -0.39 is 35.3 Å². The molecule has 13 nitrogen and oxygen atoms in total. The minimum Gasteiger partial charge on any atom is -0.501 e. The lowest BCUT2D eigenvalue weighted by Crippen LogP contribution is -2.36. The van der Waals surface area contributed by atoms with Gasteiger partial charge in [0.15, 0.2) is 12.2 Å². The van der Waals surface area contributed by atoms with Crippen LogP contribution in [-0.4, -0.2) is 74.2 Å². The molecule has 4 heterocycles. The van der Waals surface area contributed by atoms with Crippen LogP contribution >= 0.6 is 0 Å². The molecular formula is C53H62N4O9. The molecule has 348 valence electrons. The van der Waals surface area contributed by atoms with Gasteiger partial charge in [0.25, 0.3) is 5.56 Å². The van der Waals surface area contributed by atoms with Gasteiger partial charge in [-0.05, 0) is 145 Å². The molecular weight excluding hydrogens is 837 g/mol. The maximum absolute atomic E-state index is 15.3. The quantitative estimate of drug-likeness (QED) is 0.0568. The van der Waals surface area contributed by atoms with Crippen LogP contribution in [0.1, 0.15) is 104 Å². The van der Waals surface area contributed by atoms with E-state index in [4.69, 9.17) is 28.7 Å². The Bertz CT molecular complexity index is 2810. The molecule has 2 aromatic carbocycles. The van der Waals surface area contributed by atoms with Crippen LogP contribution < -0.4 is 10.3 Å². The van der Waals surface area contributed by atoms with Crippen LogP contribution in [0.25, 0.3) is 32.9 Å². The highest BCUT2D eigenvalue weighted by atomic mass is 16.6. The standard InChI is InChI=1S/C53H62N4O9/c1-13-31(3)43(48(50(59)60)65-52(6,7)8)39(34(14-2)16-15-33(5)62-12)30-64-51(61)49(66-53(9,10)11)44-32(4)27-40-37(18-20-42(58)57(40)29-36-28-54-24-25-55-36)46(44)38-17-19-41-45-35(22-26-63-41)21-23-56-47(38)45/h13,15-21,23-25,27-28,48-49H,14,22,26,29-30H2,1-12H3,(H,59,60). The summed E-state index contributed by atoms with van der Waals surface area (Å²) < 4.78 is 32.8. The normalized spacial score (nSPS) is 15.0. The Morgan fingerprint density at radius 3 is 2.35 bits per heavy atom. The molecule has 13 heteroatoms. The van der Waals surface area contributed by atoms with Gasteiger partial charge in [-0.1, -0.05) is 19.1 Å². The molecule has 0 fully saturated rings. The van der Waals surface area contributed by atoms with Gasteiger partial charge in [0.05, 0.1) is 60.1 Å². The van der Waals surface area contributed by atoms with E-state index in [-0.39, 0.29) is 18.7 Å². The lowest BCUT2D eigenvalue weighted by atomic mass is 9.86. The zero-order valence-corrected chi connectivity index (χ0v) is 40.2. The molecule has 1 N–H and O–H groups in total. The van der Waals surface area contributed by atoms with E-state index in [0.717, 1.165) is 10.9 Å². The first-order chi connectivity index (χ1) is 31.3. The van der Waals surface area contributed by atoms with E-state index in [1.807, 2.05) is 91.8 Å². The zero-order valence-electron chi connectivity index (χ0n) is 40.2. The second-order valence-electron chi connectivity index (χ2n) is 18.3. The first kappa shape index (κ1) is 49.0. The largest absolute Gasteiger partial charge is 0.501 e. The fourth-order valence-corrected chi connectivity index (χ4v) is 8.26. The number of carboxylic acid groups (broad SMARTS) is 1. The fraction of sp³-hybridized carbons (Fsp3) is 0.396. The summed E-state index contributed by atoms with van der Waals surface area (Å²) in [5.74, 6) is -0.562. The number of rotatable bonds is 16. The molecule has 0 amide bonds. The van der Waals surface area contributed by atoms with Crippen molar-refractivity contribution >= 4 is 33.7 Å². The summed E-state index contributed by atoms with van der Waals surface area (Å²) >= 11 is 0. The third-order valence-corrected chi connectivity index (χ3v) is 11.4. The van der Waals surface area contributed by atoms with Gasteiger partial charge in [0, 0.05) is 58.6 Å². The van der Waals surface area contributed by atoms with Gasteiger partial charge in [-0.3, -0.25) is 19.7 Å². The summed E-state index contributed by atoms with van der Waals surface area (Å²) in [6.45, 7) is 20.6. The molecule has 2 unspecified atom stereocenters. The fourth-order valence-electron chi connectivity index (χ4n) is 8.26. The first-order valence-corrected chi connectivity index (χ1v) is 22.3. The third kappa shape index (κ3) is 11.0. The van der Waals surface area contributed by atoms with E-state index in [0.29, 0.717) is 97.6 Å². The summed E-state index contributed by atoms with van der Waals surface area (Å²) in [4.78, 5) is 55.9. The van der Waals surface area contributed by atoms with Crippen LogP contribution in [0, 0.1) is 6.92 Å². The number of esters is 1. The molecule has 0 spiro atoms. The predicted molar refractivity (Wildman–Crippen MR) is 256 cm³/mol. The summed E-state index contributed by atoms with van der Waals surface area (Å²) in [5, 5.41) is 12.3. The van der Waals surface area contributed by atoms with Gasteiger partial charge in [-0.15, -0.1) is 0 Å². The molecule has 6 rings (SSSR count). The highest BCUT2D eigenvalue weighted by Crippen LogP contribution is 2.45. The van der Waals surface area contributed by atoms with Gasteiger partial charge >= 0.3 is 11.9 Å². The monoisotopic (exact) mass is 898 g/mol. The van der Waals surface area contributed by atoms with Crippen molar-refractivity contribution in [2.24, 2.45) is 0 Å². The van der Waals surface area contributed by atoms with Crippen LogP contribution in [0.2, 0.25) is 0 Å². The number of carboxylic acids is 1. The number of aryl methyl sites for hydroxylation is 1. The van der Waals surface area contributed by atoms with Crippen molar-refractivity contribution in [3.05, 3.63) is 140 Å². The number of ether oxygens (including phenoxy) is 5. The Hall–Kier alpha value is -6.44. The number of nitrogens with zero attached hydrogens (tertiary/aromatic N) is 4. The number of aromatic nitrogens is 4. The van der Waals surface area contributed by atoms with Crippen LogP contribution in [0.3, 0.4) is 0 Å². The van der Waals surface area contributed by atoms with Crippen molar-refractivity contribution in [3.8, 4) is 16.9 Å². The highest BCUT2D eigenvalue weighted by Gasteiger charge is 2.37. The van der Waals surface area contributed by atoms with Gasteiger partial charge in [-0.25, -0.2) is 9.59 Å². The predicted octanol–water partition coefficient (Wildman–Crippen LogP) is 10.1. The molecule has 0 saturated heterocycles. The maximum atomic E-state index is 15.3. The second-order valence-corrected chi connectivity index (χ2v) is 18.3. The smallest absolute Gasteiger partial charge is 0.340 e. The lowest BCUT2D eigenvalue weighted by molar-refractivity contribution is -0.166. The Morgan fingerprint density at radius 1 is 0.970 bits per heavy atom. The van der Waals surface area contributed by atoms with Crippen LogP contribution in [0.5, 0.6) is 5.75 Å². The van der Waals surface area contributed by atoms with Crippen molar-refractivity contribution < 1.29 is 38.4 Å². The number of carbonyl (C=O) groups is 2. The summed E-state index contributed by atoms with van der Waals surface area (Å²) in [6, 6.07) is 11.0. The first-order valence-electron chi connectivity index (χ1n) is 22.3. The molecule has 0 bridgehead atoms. The number of pyridine rings is 2.